The monoisotopic (exact) mass is 219 g/mol. The minimum atomic E-state index is 0.0809. The van der Waals surface area contributed by atoms with Gasteiger partial charge < -0.3 is 4.90 Å². The third-order valence-electron chi connectivity index (χ3n) is 2.86. The molecule has 0 saturated heterocycles. The zero-order chi connectivity index (χ0) is 12.1. The second-order valence-electron chi connectivity index (χ2n) is 4.77. The molecule has 0 aliphatic rings. The Kier molecular flexibility index (Phi) is 4.53. The molecule has 1 aromatic carbocycles. The minimum Gasteiger partial charge on any atom is -0.349 e. The lowest BCUT2D eigenvalue weighted by molar-refractivity contribution is -0.134. The molecule has 16 heavy (non-hydrogen) atoms. The molecule has 1 aromatic rings. The molecule has 0 unspecified atom stereocenters. The third kappa shape index (κ3) is 3.37. The second-order valence-corrected chi connectivity index (χ2v) is 4.77. The average molecular weight is 219 g/mol. The van der Waals surface area contributed by atoms with Crippen molar-refractivity contribution in [2.24, 2.45) is 11.8 Å². The highest BCUT2D eigenvalue weighted by atomic mass is 16.2. The molecule has 0 aliphatic carbocycles. The van der Waals surface area contributed by atoms with Crippen LogP contribution in [0.3, 0.4) is 0 Å². The van der Waals surface area contributed by atoms with Gasteiger partial charge in [0.15, 0.2) is 0 Å². The smallest absolute Gasteiger partial charge is 0.225 e. The second kappa shape index (κ2) is 5.69. The van der Waals surface area contributed by atoms with Gasteiger partial charge in [0.1, 0.15) is 0 Å². The van der Waals surface area contributed by atoms with Crippen molar-refractivity contribution in [3.05, 3.63) is 35.9 Å². The number of rotatable bonds is 4. The molecule has 1 atom stereocenters. The molecule has 0 N–H and O–H groups in total. The Morgan fingerprint density at radius 2 is 1.75 bits per heavy atom. The lowest BCUT2D eigenvalue weighted by Crippen LogP contribution is -2.33. The van der Waals surface area contributed by atoms with Gasteiger partial charge in [-0.05, 0) is 17.9 Å². The van der Waals surface area contributed by atoms with Gasteiger partial charge in [0, 0.05) is 20.0 Å². The predicted octanol–water partition coefficient (Wildman–Crippen LogP) is 2.59. The van der Waals surface area contributed by atoms with Gasteiger partial charge in [0.05, 0.1) is 0 Å². The summed E-state index contributed by atoms with van der Waals surface area (Å²) in [5, 5.41) is 0. The van der Waals surface area contributed by atoms with Gasteiger partial charge in [-0.3, -0.25) is 4.79 Å². The fourth-order valence-corrected chi connectivity index (χ4v) is 1.81. The van der Waals surface area contributed by atoms with Crippen LogP contribution in [0, 0.1) is 11.8 Å². The largest absolute Gasteiger partial charge is 0.349 e. The van der Waals surface area contributed by atoms with Crippen molar-refractivity contribution in [1.82, 2.24) is 4.90 Å². The molecule has 2 nitrogen and oxygen atoms in total. The number of carbonyl (C=O) groups excluding carboxylic acids is 1. The fourth-order valence-electron chi connectivity index (χ4n) is 1.81. The number of hydrogen-bond donors (Lipinski definition) is 0. The number of benzene rings is 1. The van der Waals surface area contributed by atoms with E-state index in [1.807, 2.05) is 32.3 Å². The molecule has 0 heterocycles. The first kappa shape index (κ1) is 12.8. The van der Waals surface area contributed by atoms with E-state index in [1.54, 1.807) is 4.90 Å². The highest BCUT2D eigenvalue weighted by Crippen LogP contribution is 2.19. The van der Waals surface area contributed by atoms with Crippen LogP contribution in [0.1, 0.15) is 19.4 Å². The van der Waals surface area contributed by atoms with E-state index in [2.05, 4.69) is 26.0 Å². The molecule has 1 rings (SSSR count). The SMILES string of the molecule is CC(C)[C@@H](Cc1ccccc1)C(=O)N(C)C. The van der Waals surface area contributed by atoms with Crippen molar-refractivity contribution in [2.45, 2.75) is 20.3 Å². The molecule has 0 fully saturated rings. The highest BCUT2D eigenvalue weighted by Gasteiger charge is 2.23. The third-order valence-corrected chi connectivity index (χ3v) is 2.86. The summed E-state index contributed by atoms with van der Waals surface area (Å²) in [5.74, 6) is 0.673. The van der Waals surface area contributed by atoms with Crippen molar-refractivity contribution in [1.29, 1.82) is 0 Å². The van der Waals surface area contributed by atoms with Crippen molar-refractivity contribution in [3.63, 3.8) is 0 Å². The molecule has 1 amide bonds. The molecule has 0 spiro atoms. The maximum absolute atomic E-state index is 12.0. The first-order chi connectivity index (χ1) is 7.52. The van der Waals surface area contributed by atoms with E-state index in [9.17, 15) is 4.79 Å². The molecule has 0 saturated carbocycles. The van der Waals surface area contributed by atoms with E-state index in [-0.39, 0.29) is 11.8 Å². The first-order valence-electron chi connectivity index (χ1n) is 5.77. The first-order valence-corrected chi connectivity index (χ1v) is 5.77. The molecule has 0 aromatic heterocycles. The summed E-state index contributed by atoms with van der Waals surface area (Å²) in [7, 11) is 3.64. The lowest BCUT2D eigenvalue weighted by Gasteiger charge is -2.23. The zero-order valence-electron chi connectivity index (χ0n) is 10.6. The number of carbonyl (C=O) groups is 1. The van der Waals surface area contributed by atoms with Gasteiger partial charge in [0.25, 0.3) is 0 Å². The highest BCUT2D eigenvalue weighted by molar-refractivity contribution is 5.78. The number of nitrogens with zero attached hydrogens (tertiary/aromatic N) is 1. The molecule has 2 heteroatoms. The fraction of sp³-hybridized carbons (Fsp3) is 0.500. The van der Waals surface area contributed by atoms with E-state index in [4.69, 9.17) is 0 Å². The van der Waals surface area contributed by atoms with E-state index in [1.165, 1.54) is 5.56 Å². The van der Waals surface area contributed by atoms with Crippen LogP contribution in [0.15, 0.2) is 30.3 Å². The van der Waals surface area contributed by atoms with E-state index < -0.39 is 0 Å². The van der Waals surface area contributed by atoms with Crippen LogP contribution >= 0.6 is 0 Å². The van der Waals surface area contributed by atoms with Gasteiger partial charge in [-0.2, -0.15) is 0 Å². The minimum absolute atomic E-state index is 0.0809. The molecular formula is C14H21NO. The van der Waals surface area contributed by atoms with E-state index in [0.29, 0.717) is 5.92 Å². The summed E-state index contributed by atoms with van der Waals surface area (Å²) in [6.45, 7) is 4.21. The van der Waals surface area contributed by atoms with Crippen LogP contribution in [0.4, 0.5) is 0 Å². The van der Waals surface area contributed by atoms with Crippen LogP contribution in [0.25, 0.3) is 0 Å². The quantitative estimate of drug-likeness (QED) is 0.762. The summed E-state index contributed by atoms with van der Waals surface area (Å²) >= 11 is 0. The Morgan fingerprint density at radius 3 is 2.19 bits per heavy atom. The Labute approximate surface area is 98.3 Å². The van der Waals surface area contributed by atoms with Crippen LogP contribution in [-0.2, 0) is 11.2 Å². The van der Waals surface area contributed by atoms with E-state index in [0.717, 1.165) is 6.42 Å². The number of hydrogen-bond acceptors (Lipinski definition) is 1. The van der Waals surface area contributed by atoms with Crippen LogP contribution in [0.5, 0.6) is 0 Å². The zero-order valence-corrected chi connectivity index (χ0v) is 10.6. The van der Waals surface area contributed by atoms with Gasteiger partial charge in [-0.1, -0.05) is 44.2 Å². The van der Waals surface area contributed by atoms with Crippen LogP contribution < -0.4 is 0 Å². The van der Waals surface area contributed by atoms with Crippen LogP contribution in [-0.4, -0.2) is 24.9 Å². The summed E-state index contributed by atoms with van der Waals surface area (Å²) < 4.78 is 0. The molecule has 0 aliphatic heterocycles. The maximum Gasteiger partial charge on any atom is 0.225 e. The summed E-state index contributed by atoms with van der Waals surface area (Å²) in [6, 6.07) is 10.2. The summed E-state index contributed by atoms with van der Waals surface area (Å²) in [5.41, 5.74) is 1.23. The normalized spacial score (nSPS) is 12.6. The molecular weight excluding hydrogens is 198 g/mol. The molecule has 88 valence electrons. The Bertz CT molecular complexity index is 330. The molecule has 0 bridgehead atoms. The summed E-state index contributed by atoms with van der Waals surface area (Å²) in [6.07, 6.45) is 0.829. The van der Waals surface area contributed by atoms with Crippen molar-refractivity contribution in [3.8, 4) is 0 Å². The Hall–Kier alpha value is -1.31. The van der Waals surface area contributed by atoms with Gasteiger partial charge in [-0.15, -0.1) is 0 Å². The van der Waals surface area contributed by atoms with Crippen molar-refractivity contribution in [2.75, 3.05) is 14.1 Å². The van der Waals surface area contributed by atoms with Crippen LogP contribution in [0.2, 0.25) is 0 Å². The maximum atomic E-state index is 12.0. The summed E-state index contributed by atoms with van der Waals surface area (Å²) in [4.78, 5) is 13.7. The van der Waals surface area contributed by atoms with Gasteiger partial charge >= 0.3 is 0 Å². The topological polar surface area (TPSA) is 20.3 Å². The lowest BCUT2D eigenvalue weighted by atomic mass is 9.88. The van der Waals surface area contributed by atoms with Gasteiger partial charge in [-0.25, -0.2) is 0 Å². The van der Waals surface area contributed by atoms with E-state index >= 15 is 0 Å². The van der Waals surface area contributed by atoms with Gasteiger partial charge in [0.2, 0.25) is 5.91 Å². The Morgan fingerprint density at radius 1 is 1.19 bits per heavy atom. The van der Waals surface area contributed by atoms with Crippen molar-refractivity contribution >= 4 is 5.91 Å². The molecule has 0 radical (unpaired) electrons. The standard InChI is InChI=1S/C14H21NO/c1-11(2)13(14(16)15(3)4)10-12-8-6-5-7-9-12/h5-9,11,13H,10H2,1-4H3/t13-/m1/s1. The Balaban J connectivity index is 2.77. The van der Waals surface area contributed by atoms with Crippen molar-refractivity contribution < 1.29 is 4.79 Å². The predicted molar refractivity (Wildman–Crippen MR) is 67.2 cm³/mol. The number of amides is 1. The average Bonchev–Trinajstić information content (AvgIpc) is 2.26.